The van der Waals surface area contributed by atoms with Crippen LogP contribution in [0, 0.1) is 5.92 Å². The third kappa shape index (κ3) is 4.99. The first-order valence-electron chi connectivity index (χ1n) is 8.67. The number of ether oxygens (including phenoxy) is 1. The summed E-state index contributed by atoms with van der Waals surface area (Å²) in [5.41, 5.74) is 1.37. The Bertz CT molecular complexity index is 433. The first kappa shape index (κ1) is 17.3. The van der Waals surface area contributed by atoms with Crippen molar-refractivity contribution in [3.05, 3.63) is 29.8 Å². The largest absolute Gasteiger partial charge is 0.491 e. The summed E-state index contributed by atoms with van der Waals surface area (Å²) in [6.45, 7) is 11.1. The van der Waals surface area contributed by atoms with Crippen LogP contribution in [0.2, 0.25) is 0 Å². The van der Waals surface area contributed by atoms with E-state index in [9.17, 15) is 0 Å². The van der Waals surface area contributed by atoms with Crippen LogP contribution < -0.4 is 10.1 Å². The van der Waals surface area contributed by atoms with Gasteiger partial charge in [-0.05, 0) is 70.4 Å². The van der Waals surface area contributed by atoms with E-state index in [4.69, 9.17) is 4.74 Å². The molecular weight excluding hydrogens is 272 g/mol. The van der Waals surface area contributed by atoms with E-state index < -0.39 is 0 Å². The van der Waals surface area contributed by atoms with Gasteiger partial charge in [0.1, 0.15) is 5.75 Å². The monoisotopic (exact) mass is 304 g/mol. The summed E-state index contributed by atoms with van der Waals surface area (Å²) in [7, 11) is 2.21. The molecule has 0 radical (unpaired) electrons. The second kappa shape index (κ2) is 7.98. The van der Waals surface area contributed by atoms with Crippen LogP contribution in [0.5, 0.6) is 5.75 Å². The summed E-state index contributed by atoms with van der Waals surface area (Å²) in [4.78, 5) is 2.42. The summed E-state index contributed by atoms with van der Waals surface area (Å²) < 4.78 is 5.75. The van der Waals surface area contributed by atoms with Gasteiger partial charge in [-0.15, -0.1) is 0 Å². The van der Waals surface area contributed by atoms with Gasteiger partial charge >= 0.3 is 0 Å². The molecule has 1 atom stereocenters. The van der Waals surface area contributed by atoms with Gasteiger partial charge in [-0.2, -0.15) is 0 Å². The lowest BCUT2D eigenvalue weighted by Gasteiger charge is -2.34. The van der Waals surface area contributed by atoms with Crippen molar-refractivity contribution in [3.8, 4) is 5.75 Å². The lowest BCUT2D eigenvalue weighted by Crippen LogP contribution is -2.43. The fourth-order valence-corrected chi connectivity index (χ4v) is 3.13. The molecule has 1 N–H and O–H groups in total. The van der Waals surface area contributed by atoms with Crippen molar-refractivity contribution in [2.45, 2.75) is 58.7 Å². The quantitative estimate of drug-likeness (QED) is 0.864. The van der Waals surface area contributed by atoms with Crippen molar-refractivity contribution in [3.63, 3.8) is 0 Å². The third-order valence-corrected chi connectivity index (χ3v) is 4.41. The van der Waals surface area contributed by atoms with Gasteiger partial charge in [0.15, 0.2) is 0 Å². The molecule has 3 nitrogen and oxygen atoms in total. The van der Waals surface area contributed by atoms with Crippen LogP contribution in [0.4, 0.5) is 0 Å². The predicted octanol–water partition coefficient (Wildman–Crippen LogP) is 3.85. The maximum Gasteiger partial charge on any atom is 0.119 e. The van der Waals surface area contributed by atoms with Gasteiger partial charge in [-0.25, -0.2) is 0 Å². The Kier molecular flexibility index (Phi) is 6.27. The number of likely N-dealkylation sites (tertiary alicyclic amines) is 1. The van der Waals surface area contributed by atoms with E-state index in [0.717, 1.165) is 5.75 Å². The number of rotatable bonds is 6. The van der Waals surface area contributed by atoms with Crippen LogP contribution in [-0.2, 0) is 0 Å². The van der Waals surface area contributed by atoms with Gasteiger partial charge < -0.3 is 15.0 Å². The molecule has 0 amide bonds. The summed E-state index contributed by atoms with van der Waals surface area (Å²) in [6, 6.07) is 9.67. The average Bonchev–Trinajstić information content (AvgIpc) is 2.47. The lowest BCUT2D eigenvalue weighted by atomic mass is 9.93. The molecular formula is C19H32N2O. The SMILES string of the molecule is CC(C)Oc1ccc(C(NC2CCN(C)CC2)C(C)C)cc1. The molecule has 1 heterocycles. The maximum absolute atomic E-state index is 5.75. The molecule has 1 aromatic rings. The zero-order valence-corrected chi connectivity index (χ0v) is 14.8. The fraction of sp³-hybridized carbons (Fsp3) is 0.684. The molecule has 1 saturated heterocycles. The second-order valence-electron chi connectivity index (χ2n) is 7.20. The van der Waals surface area contributed by atoms with Gasteiger partial charge in [0.2, 0.25) is 0 Å². The van der Waals surface area contributed by atoms with Crippen LogP contribution in [-0.4, -0.2) is 37.2 Å². The van der Waals surface area contributed by atoms with Crippen LogP contribution in [0.3, 0.4) is 0 Å². The highest BCUT2D eigenvalue weighted by molar-refractivity contribution is 5.29. The standard InChI is InChI=1S/C19H32N2O/c1-14(2)19(20-17-10-12-21(5)13-11-17)16-6-8-18(9-7-16)22-15(3)4/h6-9,14-15,17,19-20H,10-13H2,1-5H3. The molecule has 124 valence electrons. The van der Waals surface area contributed by atoms with E-state index in [-0.39, 0.29) is 6.10 Å². The average molecular weight is 304 g/mol. The van der Waals surface area contributed by atoms with E-state index >= 15 is 0 Å². The molecule has 0 bridgehead atoms. The molecule has 22 heavy (non-hydrogen) atoms. The van der Waals surface area contributed by atoms with Crippen molar-refractivity contribution < 1.29 is 4.74 Å². The van der Waals surface area contributed by atoms with Crippen molar-refractivity contribution in [2.75, 3.05) is 20.1 Å². The van der Waals surface area contributed by atoms with E-state index in [1.165, 1.54) is 31.5 Å². The summed E-state index contributed by atoms with van der Waals surface area (Å²) >= 11 is 0. The predicted molar refractivity (Wildman–Crippen MR) is 93.4 cm³/mol. The number of hydrogen-bond acceptors (Lipinski definition) is 3. The Labute approximate surface area is 136 Å². The Morgan fingerprint density at radius 3 is 2.14 bits per heavy atom. The molecule has 0 aliphatic carbocycles. The van der Waals surface area contributed by atoms with Crippen LogP contribution in [0.15, 0.2) is 24.3 Å². The minimum absolute atomic E-state index is 0.226. The molecule has 3 heteroatoms. The number of hydrogen-bond donors (Lipinski definition) is 1. The zero-order chi connectivity index (χ0) is 16.1. The lowest BCUT2D eigenvalue weighted by molar-refractivity contribution is 0.214. The highest BCUT2D eigenvalue weighted by Gasteiger charge is 2.23. The summed E-state index contributed by atoms with van der Waals surface area (Å²) in [5, 5.41) is 3.88. The molecule has 0 aromatic heterocycles. The number of benzene rings is 1. The van der Waals surface area contributed by atoms with Crippen molar-refractivity contribution in [2.24, 2.45) is 5.92 Å². The Balaban J connectivity index is 2.01. The normalized spacial score (nSPS) is 18.9. The number of nitrogens with zero attached hydrogens (tertiary/aromatic N) is 1. The van der Waals surface area contributed by atoms with E-state index in [0.29, 0.717) is 18.0 Å². The first-order valence-corrected chi connectivity index (χ1v) is 8.67. The molecule has 2 rings (SSSR count). The van der Waals surface area contributed by atoms with Gasteiger partial charge in [0.25, 0.3) is 0 Å². The molecule has 1 aliphatic rings. The highest BCUT2D eigenvalue weighted by atomic mass is 16.5. The van der Waals surface area contributed by atoms with Crippen molar-refractivity contribution in [1.82, 2.24) is 10.2 Å². The van der Waals surface area contributed by atoms with Crippen LogP contribution in [0.25, 0.3) is 0 Å². The van der Waals surface area contributed by atoms with Gasteiger partial charge in [0, 0.05) is 12.1 Å². The van der Waals surface area contributed by atoms with Gasteiger partial charge in [-0.3, -0.25) is 0 Å². The minimum atomic E-state index is 0.226. The molecule has 0 saturated carbocycles. The molecule has 0 spiro atoms. The van der Waals surface area contributed by atoms with E-state index in [1.807, 2.05) is 0 Å². The topological polar surface area (TPSA) is 24.5 Å². The van der Waals surface area contributed by atoms with E-state index in [2.05, 4.69) is 69.2 Å². The highest BCUT2D eigenvalue weighted by Crippen LogP contribution is 2.26. The smallest absolute Gasteiger partial charge is 0.119 e. The van der Waals surface area contributed by atoms with Gasteiger partial charge in [-0.1, -0.05) is 26.0 Å². The fourth-order valence-electron chi connectivity index (χ4n) is 3.13. The first-order chi connectivity index (χ1) is 10.5. The number of piperidine rings is 1. The number of nitrogens with one attached hydrogen (secondary N) is 1. The Morgan fingerprint density at radius 1 is 1.05 bits per heavy atom. The summed E-state index contributed by atoms with van der Waals surface area (Å²) in [5.74, 6) is 1.54. The van der Waals surface area contributed by atoms with Crippen LogP contribution >= 0.6 is 0 Å². The molecule has 1 fully saturated rings. The van der Waals surface area contributed by atoms with Crippen LogP contribution in [0.1, 0.15) is 52.1 Å². The maximum atomic E-state index is 5.75. The van der Waals surface area contributed by atoms with Gasteiger partial charge in [0.05, 0.1) is 6.10 Å². The molecule has 1 aromatic carbocycles. The summed E-state index contributed by atoms with van der Waals surface area (Å²) in [6.07, 6.45) is 2.71. The second-order valence-corrected chi connectivity index (χ2v) is 7.20. The minimum Gasteiger partial charge on any atom is -0.491 e. The molecule has 1 aliphatic heterocycles. The van der Waals surface area contributed by atoms with E-state index in [1.54, 1.807) is 0 Å². The zero-order valence-electron chi connectivity index (χ0n) is 14.8. The Hall–Kier alpha value is -1.06. The Morgan fingerprint density at radius 2 is 1.64 bits per heavy atom. The van der Waals surface area contributed by atoms with Crippen molar-refractivity contribution >= 4 is 0 Å². The third-order valence-electron chi connectivity index (χ3n) is 4.41. The molecule has 1 unspecified atom stereocenters. The van der Waals surface area contributed by atoms with Crippen molar-refractivity contribution in [1.29, 1.82) is 0 Å².